The Morgan fingerprint density at radius 2 is 1.68 bits per heavy atom. The molecule has 0 fully saturated rings. The van der Waals surface area contributed by atoms with Crippen molar-refractivity contribution in [3.8, 4) is 0 Å². The van der Waals surface area contributed by atoms with Gasteiger partial charge >= 0.3 is 5.97 Å². The van der Waals surface area contributed by atoms with Crippen LogP contribution in [0.3, 0.4) is 0 Å². The fraction of sp³-hybridized carbons (Fsp3) is 0.826. The first-order chi connectivity index (χ1) is 12.6. The highest BCUT2D eigenvalue weighted by Gasteiger charge is 2.40. The van der Waals surface area contributed by atoms with E-state index in [2.05, 4.69) is 34.3 Å². The van der Waals surface area contributed by atoms with Crippen LogP contribution in [-0.2, 0) is 19.1 Å². The molecule has 0 radical (unpaired) electrons. The Labute approximate surface area is 174 Å². The minimum Gasteiger partial charge on any atom is -0.310 e. The molecule has 0 heterocycles. The highest BCUT2D eigenvalue weighted by molar-refractivity contribution is 6.73. The lowest BCUT2D eigenvalue weighted by Crippen LogP contribution is -2.41. The number of unbranched alkanes of at least 4 members (excludes halogenated alkanes) is 1. The van der Waals surface area contributed by atoms with Gasteiger partial charge in [0, 0.05) is 17.8 Å². The molecule has 0 N–H and O–H groups in total. The lowest BCUT2D eigenvalue weighted by atomic mass is 9.76. The lowest BCUT2D eigenvalue weighted by Gasteiger charge is -2.33. The first kappa shape index (κ1) is 27.1. The topological polar surface area (TPSA) is 52.6 Å². The van der Waals surface area contributed by atoms with Gasteiger partial charge in [0.05, 0.1) is 0 Å². The molecule has 0 amide bonds. The molecule has 164 valence electrons. The van der Waals surface area contributed by atoms with Crippen LogP contribution in [0.1, 0.15) is 87.0 Å². The van der Waals surface area contributed by atoms with Crippen LogP contribution in [-0.4, -0.2) is 20.1 Å². The van der Waals surface area contributed by atoms with Crippen molar-refractivity contribution in [1.82, 2.24) is 0 Å². The molecule has 4 nitrogen and oxygen atoms in total. The van der Waals surface area contributed by atoms with Crippen molar-refractivity contribution in [2.75, 3.05) is 0 Å². The van der Waals surface area contributed by atoms with E-state index in [4.69, 9.17) is 9.46 Å². The molecule has 0 saturated heterocycles. The molecule has 0 aliphatic heterocycles. The SMILES string of the molecule is C=CCCCC(C)CC(C)C(=O)C(C)(C)CCC(=O)OO[Si](C)(C)C(C)(C)C. The third-order valence-electron chi connectivity index (χ3n) is 6.08. The van der Waals surface area contributed by atoms with E-state index in [1.807, 2.05) is 39.9 Å². The summed E-state index contributed by atoms with van der Waals surface area (Å²) in [5.74, 6) is 0.336. The van der Waals surface area contributed by atoms with E-state index in [1.165, 1.54) is 0 Å². The molecule has 0 aliphatic carbocycles. The van der Waals surface area contributed by atoms with Gasteiger partial charge in [0.2, 0.25) is 0 Å². The van der Waals surface area contributed by atoms with Gasteiger partial charge in [-0.1, -0.05) is 61.0 Å². The van der Waals surface area contributed by atoms with Gasteiger partial charge in [-0.2, -0.15) is 0 Å². The van der Waals surface area contributed by atoms with E-state index in [9.17, 15) is 9.59 Å². The third kappa shape index (κ3) is 9.51. The first-order valence-electron chi connectivity index (χ1n) is 10.7. The summed E-state index contributed by atoms with van der Waals surface area (Å²) in [5.41, 5.74) is -0.545. The third-order valence-corrected chi connectivity index (χ3v) is 10.2. The lowest BCUT2D eigenvalue weighted by molar-refractivity contribution is -0.222. The standard InChI is InChI=1S/C23H44O4Si/c1-11-12-13-14-18(2)17-19(3)21(25)23(7,8)16-15-20(24)26-27-28(9,10)22(4,5)6/h11,18-19H,1,12-17H2,2-10H3. The summed E-state index contributed by atoms with van der Waals surface area (Å²) in [5, 5.41) is -0.0275. The van der Waals surface area contributed by atoms with Crippen LogP contribution in [0.4, 0.5) is 0 Å². The minimum absolute atomic E-state index is 0.00627. The Kier molecular flexibility index (Phi) is 10.9. The Balaban J connectivity index is 4.51. The average Bonchev–Trinajstić information content (AvgIpc) is 2.56. The van der Waals surface area contributed by atoms with Gasteiger partial charge in [-0.25, -0.2) is 9.37 Å². The van der Waals surface area contributed by atoms with Crippen LogP contribution in [0.25, 0.3) is 0 Å². The number of hydrogen-bond donors (Lipinski definition) is 0. The van der Waals surface area contributed by atoms with Crippen LogP contribution >= 0.6 is 0 Å². The van der Waals surface area contributed by atoms with E-state index < -0.39 is 19.7 Å². The largest absolute Gasteiger partial charge is 0.340 e. The van der Waals surface area contributed by atoms with E-state index in [-0.39, 0.29) is 23.2 Å². The van der Waals surface area contributed by atoms with Gasteiger partial charge in [0.15, 0.2) is 0 Å². The Morgan fingerprint density at radius 1 is 1.11 bits per heavy atom. The number of carbonyl (C=O) groups excluding carboxylic acids is 2. The maximum Gasteiger partial charge on any atom is 0.340 e. The molecule has 0 bridgehead atoms. The predicted molar refractivity (Wildman–Crippen MR) is 119 cm³/mol. The van der Waals surface area contributed by atoms with Gasteiger partial charge in [-0.3, -0.25) is 4.79 Å². The van der Waals surface area contributed by atoms with Crippen LogP contribution < -0.4 is 0 Å². The minimum atomic E-state index is -2.13. The molecular weight excluding hydrogens is 368 g/mol. The second-order valence-electron chi connectivity index (χ2n) is 10.5. The Morgan fingerprint density at radius 3 is 2.18 bits per heavy atom. The number of ketones is 1. The fourth-order valence-electron chi connectivity index (χ4n) is 2.96. The Bertz CT molecular complexity index is 517. The highest BCUT2D eigenvalue weighted by Crippen LogP contribution is 2.37. The normalized spacial score (nSPS) is 15.0. The summed E-state index contributed by atoms with van der Waals surface area (Å²) < 4.78 is 5.53. The number of Topliss-reactive ketones (excluding diaryl/α,β-unsaturated/α-hetero) is 1. The van der Waals surface area contributed by atoms with Crippen molar-refractivity contribution in [3.05, 3.63) is 12.7 Å². The fourth-order valence-corrected chi connectivity index (χ4v) is 3.51. The summed E-state index contributed by atoms with van der Waals surface area (Å²) in [7, 11) is -2.13. The number of hydrogen-bond acceptors (Lipinski definition) is 4. The van der Waals surface area contributed by atoms with Crippen molar-refractivity contribution < 1.29 is 19.1 Å². The Hall–Kier alpha value is -0.943. The summed E-state index contributed by atoms with van der Waals surface area (Å²) in [6.07, 6.45) is 6.75. The second kappa shape index (κ2) is 11.3. The van der Waals surface area contributed by atoms with Gasteiger partial charge in [-0.05, 0) is 49.7 Å². The van der Waals surface area contributed by atoms with Gasteiger partial charge < -0.3 is 4.89 Å². The van der Waals surface area contributed by atoms with E-state index in [0.717, 1.165) is 25.7 Å². The molecule has 0 aromatic carbocycles. The molecule has 0 aromatic rings. The second-order valence-corrected chi connectivity index (χ2v) is 15.2. The van der Waals surface area contributed by atoms with Gasteiger partial charge in [0.1, 0.15) is 5.78 Å². The van der Waals surface area contributed by atoms with E-state index in [1.54, 1.807) is 0 Å². The van der Waals surface area contributed by atoms with Crippen LogP contribution in [0.15, 0.2) is 12.7 Å². The monoisotopic (exact) mass is 412 g/mol. The maximum absolute atomic E-state index is 12.9. The highest BCUT2D eigenvalue weighted by atomic mass is 28.4. The summed E-state index contributed by atoms with van der Waals surface area (Å²) >= 11 is 0. The summed E-state index contributed by atoms with van der Waals surface area (Å²) in [6, 6.07) is 0. The zero-order valence-corrected chi connectivity index (χ0v) is 20.8. The van der Waals surface area contributed by atoms with Crippen LogP contribution in [0, 0.1) is 17.3 Å². The molecule has 0 aromatic heterocycles. The zero-order chi connectivity index (χ0) is 22.2. The molecule has 28 heavy (non-hydrogen) atoms. The predicted octanol–water partition coefficient (Wildman–Crippen LogP) is 6.86. The molecule has 0 aliphatic rings. The molecular formula is C23H44O4Si. The number of carbonyl (C=O) groups is 2. The molecule has 2 unspecified atom stereocenters. The molecule has 5 heteroatoms. The van der Waals surface area contributed by atoms with Crippen LogP contribution in [0.5, 0.6) is 0 Å². The maximum atomic E-state index is 12.9. The molecule has 0 spiro atoms. The van der Waals surface area contributed by atoms with Crippen LogP contribution in [0.2, 0.25) is 18.1 Å². The first-order valence-corrected chi connectivity index (χ1v) is 13.6. The average molecular weight is 413 g/mol. The van der Waals surface area contributed by atoms with Crippen molar-refractivity contribution in [1.29, 1.82) is 0 Å². The van der Waals surface area contributed by atoms with Crippen molar-refractivity contribution in [3.63, 3.8) is 0 Å². The number of rotatable bonds is 13. The molecule has 0 rings (SSSR count). The smallest absolute Gasteiger partial charge is 0.310 e. The van der Waals surface area contributed by atoms with Crippen molar-refractivity contribution in [2.24, 2.45) is 17.3 Å². The molecule has 2 atom stereocenters. The van der Waals surface area contributed by atoms with Crippen molar-refractivity contribution in [2.45, 2.75) is 105 Å². The summed E-state index contributed by atoms with van der Waals surface area (Å²) in [6.45, 7) is 22.2. The zero-order valence-electron chi connectivity index (χ0n) is 19.8. The quantitative estimate of drug-likeness (QED) is 0.109. The number of allylic oxidation sites excluding steroid dienone is 1. The van der Waals surface area contributed by atoms with Gasteiger partial charge in [0.25, 0.3) is 8.32 Å². The van der Waals surface area contributed by atoms with Crippen molar-refractivity contribution >= 4 is 20.1 Å². The van der Waals surface area contributed by atoms with E-state index in [0.29, 0.717) is 12.3 Å². The molecule has 0 saturated carbocycles. The van der Waals surface area contributed by atoms with E-state index >= 15 is 0 Å². The summed E-state index contributed by atoms with van der Waals surface area (Å²) in [4.78, 5) is 30.1. The van der Waals surface area contributed by atoms with Gasteiger partial charge in [-0.15, -0.1) is 6.58 Å².